The van der Waals surface area contributed by atoms with E-state index < -0.39 is 10.8 Å². The van der Waals surface area contributed by atoms with Crippen molar-refractivity contribution in [3.05, 3.63) is 93.2 Å². The van der Waals surface area contributed by atoms with Gasteiger partial charge in [0.2, 0.25) is 5.17 Å². The van der Waals surface area contributed by atoms with E-state index in [0.29, 0.717) is 32.4 Å². The molecule has 11 heteroatoms. The van der Waals surface area contributed by atoms with Gasteiger partial charge in [-0.25, -0.2) is 0 Å². The van der Waals surface area contributed by atoms with Gasteiger partial charge in [0.15, 0.2) is 10.2 Å². The molecule has 3 aromatic rings. The highest BCUT2D eigenvalue weighted by atomic mass is 32.2. The van der Waals surface area contributed by atoms with Crippen LogP contribution in [-0.2, 0) is 10.5 Å². The Bertz CT molecular complexity index is 1460. The Balaban J connectivity index is 1.37. The summed E-state index contributed by atoms with van der Waals surface area (Å²) in [6.45, 7) is 1.83. The number of nitro groups is 1. The Labute approximate surface area is 208 Å². The number of nitro benzene ring substituents is 1. The number of nitrogens with zero attached hydrogens (tertiary/aromatic N) is 4. The summed E-state index contributed by atoms with van der Waals surface area (Å²) in [6.07, 6.45) is 1.44. The van der Waals surface area contributed by atoms with Gasteiger partial charge in [-0.15, -0.1) is 5.10 Å². The molecule has 0 saturated heterocycles. The average molecular weight is 504 g/mol. The minimum atomic E-state index is -0.553. The number of carbonyl (C=O) groups is 1. The van der Waals surface area contributed by atoms with Gasteiger partial charge in [0.1, 0.15) is 11.5 Å². The van der Waals surface area contributed by atoms with E-state index in [4.69, 9.17) is 9.83 Å². The number of benzene rings is 2. The monoisotopic (exact) mass is 503 g/mol. The van der Waals surface area contributed by atoms with Crippen molar-refractivity contribution in [1.82, 2.24) is 5.01 Å². The number of amidine groups is 2. The Kier molecular flexibility index (Phi) is 6.10. The number of hydrazone groups is 1. The lowest BCUT2D eigenvalue weighted by atomic mass is 10.1. The summed E-state index contributed by atoms with van der Waals surface area (Å²) < 4.78 is 6.55. The smallest absolute Gasteiger partial charge is 0.283 e. The van der Waals surface area contributed by atoms with Gasteiger partial charge < -0.3 is 4.42 Å². The summed E-state index contributed by atoms with van der Waals surface area (Å²) in [7, 11) is 0. The van der Waals surface area contributed by atoms with Crippen LogP contribution in [0.4, 0.5) is 5.69 Å². The second-order valence-electron chi connectivity index (χ2n) is 7.62. The van der Waals surface area contributed by atoms with Crippen molar-refractivity contribution in [2.75, 3.05) is 0 Å². The van der Waals surface area contributed by atoms with Crippen molar-refractivity contribution in [1.29, 1.82) is 5.41 Å². The minimum absolute atomic E-state index is 0.0432. The molecule has 0 radical (unpaired) electrons. The highest BCUT2D eigenvalue weighted by Gasteiger charge is 2.36. The van der Waals surface area contributed by atoms with Crippen LogP contribution in [0.5, 0.6) is 0 Å². The highest BCUT2D eigenvalue weighted by Crippen LogP contribution is 2.34. The number of amides is 1. The first-order valence-electron chi connectivity index (χ1n) is 10.4. The average Bonchev–Trinajstić information content (AvgIpc) is 3.48. The van der Waals surface area contributed by atoms with E-state index in [2.05, 4.69) is 10.1 Å². The van der Waals surface area contributed by atoms with Crippen LogP contribution >= 0.6 is 23.5 Å². The maximum Gasteiger partial charge on any atom is 0.283 e. The zero-order valence-electron chi connectivity index (χ0n) is 18.3. The van der Waals surface area contributed by atoms with E-state index in [1.54, 1.807) is 18.2 Å². The lowest BCUT2D eigenvalue weighted by Gasteiger charge is -2.19. The first-order valence-corrected chi connectivity index (χ1v) is 12.2. The summed E-state index contributed by atoms with van der Waals surface area (Å²) in [5, 5.41) is 25.8. The van der Waals surface area contributed by atoms with Crippen LogP contribution in [0.25, 0.3) is 17.4 Å². The van der Waals surface area contributed by atoms with E-state index >= 15 is 0 Å². The predicted octanol–water partition coefficient (Wildman–Crippen LogP) is 5.67. The number of hydrogen-bond acceptors (Lipinski definition) is 8. The van der Waals surface area contributed by atoms with Crippen molar-refractivity contribution >= 4 is 56.6 Å². The SMILES string of the molecule is Cc1ccc([N+](=O)[O-])cc1-c1ccc(/C=C2\C(=N)N3N=C(SCc4ccccc4)SC3=NC2=O)o1. The number of furan rings is 1. The summed E-state index contributed by atoms with van der Waals surface area (Å²) in [4.78, 5) is 27.4. The lowest BCUT2D eigenvalue weighted by molar-refractivity contribution is -0.384. The molecule has 0 fully saturated rings. The van der Waals surface area contributed by atoms with E-state index in [1.165, 1.54) is 46.7 Å². The van der Waals surface area contributed by atoms with Crippen molar-refractivity contribution < 1.29 is 14.1 Å². The molecule has 174 valence electrons. The third kappa shape index (κ3) is 4.68. The molecule has 1 aromatic heterocycles. The van der Waals surface area contributed by atoms with Gasteiger partial charge in [0.05, 0.1) is 10.5 Å². The number of non-ortho nitro benzene ring substituents is 1. The summed E-state index contributed by atoms with van der Waals surface area (Å²) in [5.41, 5.74) is 2.54. The van der Waals surface area contributed by atoms with E-state index in [-0.39, 0.29) is 17.1 Å². The number of fused-ring (bicyclic) bond motifs is 1. The molecule has 1 N–H and O–H groups in total. The number of thioether (sulfide) groups is 2. The molecule has 0 saturated carbocycles. The molecule has 0 unspecified atom stereocenters. The summed E-state index contributed by atoms with van der Waals surface area (Å²) in [5.74, 6) is 0.817. The molecular weight excluding hydrogens is 486 g/mol. The van der Waals surface area contributed by atoms with Gasteiger partial charge in [0.25, 0.3) is 11.6 Å². The van der Waals surface area contributed by atoms with Crippen LogP contribution in [0.3, 0.4) is 0 Å². The number of hydrogen-bond donors (Lipinski definition) is 1. The molecule has 2 aromatic carbocycles. The van der Waals surface area contributed by atoms with Gasteiger partial charge in [-0.1, -0.05) is 48.2 Å². The van der Waals surface area contributed by atoms with Crippen LogP contribution in [0.15, 0.2) is 80.7 Å². The van der Waals surface area contributed by atoms with Crippen molar-refractivity contribution in [3.8, 4) is 11.3 Å². The molecule has 0 spiro atoms. The van der Waals surface area contributed by atoms with E-state index in [1.807, 2.05) is 37.3 Å². The molecule has 9 nitrogen and oxygen atoms in total. The molecule has 0 bridgehead atoms. The van der Waals surface area contributed by atoms with Gasteiger partial charge in [0, 0.05) is 23.4 Å². The van der Waals surface area contributed by atoms with Crippen molar-refractivity contribution in [3.63, 3.8) is 0 Å². The van der Waals surface area contributed by atoms with Gasteiger partial charge >= 0.3 is 0 Å². The summed E-state index contributed by atoms with van der Waals surface area (Å²) >= 11 is 2.77. The first-order chi connectivity index (χ1) is 16.9. The molecule has 0 aliphatic carbocycles. The van der Waals surface area contributed by atoms with Crippen LogP contribution in [0, 0.1) is 22.4 Å². The van der Waals surface area contributed by atoms with Gasteiger partial charge in [-0.2, -0.15) is 10.0 Å². The van der Waals surface area contributed by atoms with E-state index in [9.17, 15) is 14.9 Å². The standard InChI is InChI=1S/C24H17N5O4S2/c1-14-7-8-16(29(31)32)11-18(14)20-10-9-17(33-20)12-19-21(25)28-23(26-22(19)30)35-24(27-28)34-13-15-5-3-2-4-6-15/h2-12,25H,13H2,1H3/b19-12+,25-21?. The second-order valence-corrected chi connectivity index (χ2v) is 9.80. The van der Waals surface area contributed by atoms with Gasteiger partial charge in [-0.05, 0) is 48.0 Å². The van der Waals surface area contributed by atoms with Crippen LogP contribution < -0.4 is 0 Å². The number of aryl methyl sites for hydroxylation is 1. The molecule has 0 atom stereocenters. The number of nitrogens with one attached hydrogen (secondary N) is 1. The highest BCUT2D eigenvalue weighted by molar-refractivity contribution is 8.45. The maximum atomic E-state index is 12.7. The third-order valence-electron chi connectivity index (χ3n) is 5.25. The molecule has 35 heavy (non-hydrogen) atoms. The fraction of sp³-hybridized carbons (Fsp3) is 0.0833. The van der Waals surface area contributed by atoms with Crippen LogP contribution in [0.2, 0.25) is 0 Å². The zero-order valence-corrected chi connectivity index (χ0v) is 19.9. The molecule has 3 heterocycles. The molecule has 2 aliphatic rings. The van der Waals surface area contributed by atoms with E-state index in [0.717, 1.165) is 11.1 Å². The molecular formula is C24H17N5O4S2. The Morgan fingerprint density at radius 3 is 2.77 bits per heavy atom. The van der Waals surface area contributed by atoms with Crippen molar-refractivity contribution in [2.45, 2.75) is 12.7 Å². The second kappa shape index (κ2) is 9.35. The normalized spacial score (nSPS) is 16.4. The molecule has 1 amide bonds. The van der Waals surface area contributed by atoms with Crippen LogP contribution in [-0.4, -0.2) is 31.2 Å². The number of rotatable bonds is 5. The Hall–Kier alpha value is -3.96. The van der Waals surface area contributed by atoms with Crippen LogP contribution in [0.1, 0.15) is 16.9 Å². The Morgan fingerprint density at radius 2 is 2.00 bits per heavy atom. The number of aliphatic imine (C=N–C) groups is 1. The van der Waals surface area contributed by atoms with Gasteiger partial charge in [-0.3, -0.25) is 20.3 Å². The maximum absolute atomic E-state index is 12.7. The number of carbonyl (C=O) groups excluding carboxylic acids is 1. The largest absolute Gasteiger partial charge is 0.457 e. The predicted molar refractivity (Wildman–Crippen MR) is 138 cm³/mol. The fourth-order valence-electron chi connectivity index (χ4n) is 3.46. The third-order valence-corrected chi connectivity index (χ3v) is 7.36. The Morgan fingerprint density at radius 1 is 1.20 bits per heavy atom. The topological polar surface area (TPSA) is 125 Å². The molecule has 5 rings (SSSR count). The first kappa shape index (κ1) is 22.8. The minimum Gasteiger partial charge on any atom is -0.457 e. The molecule has 2 aliphatic heterocycles. The summed E-state index contributed by atoms with van der Waals surface area (Å²) in [6, 6.07) is 17.8. The zero-order chi connectivity index (χ0) is 24.5. The lowest BCUT2D eigenvalue weighted by Crippen LogP contribution is -2.35. The fourth-order valence-corrected chi connectivity index (χ4v) is 5.34. The quantitative estimate of drug-likeness (QED) is 0.270. The van der Waals surface area contributed by atoms with Crippen molar-refractivity contribution in [2.24, 2.45) is 10.1 Å².